The topological polar surface area (TPSA) is 12.0 Å². The molecule has 2 aliphatic heterocycles. The molecular weight excluding hydrogens is 98.1 g/mol. The second-order valence-electron chi connectivity index (χ2n) is 2.99. The SMILES string of the molecule is C1CC2C[C](CN1)C2. The fraction of sp³-hybridized carbons (Fsp3) is 0.857. The maximum absolute atomic E-state index is 3.40. The van der Waals surface area contributed by atoms with Crippen LogP contribution in [0.15, 0.2) is 0 Å². The summed E-state index contributed by atoms with van der Waals surface area (Å²) in [6.45, 7) is 2.48. The van der Waals surface area contributed by atoms with E-state index in [2.05, 4.69) is 5.32 Å². The lowest BCUT2D eigenvalue weighted by molar-refractivity contribution is 0.358. The van der Waals surface area contributed by atoms with Gasteiger partial charge in [0.1, 0.15) is 0 Å². The Kier molecular flexibility index (Phi) is 1.04. The van der Waals surface area contributed by atoms with Crippen molar-refractivity contribution in [2.24, 2.45) is 5.92 Å². The standard InChI is InChI=1S/C7H12N/c1-2-8-5-7-3-6(1)4-7/h6,8H,1-5H2. The van der Waals surface area contributed by atoms with Crippen molar-refractivity contribution in [3.05, 3.63) is 5.92 Å². The van der Waals surface area contributed by atoms with Gasteiger partial charge in [0, 0.05) is 6.54 Å². The highest BCUT2D eigenvalue weighted by molar-refractivity contribution is 5.06. The zero-order valence-corrected chi connectivity index (χ0v) is 5.11. The van der Waals surface area contributed by atoms with Crippen LogP contribution >= 0.6 is 0 Å². The van der Waals surface area contributed by atoms with Crippen molar-refractivity contribution in [1.29, 1.82) is 0 Å². The van der Waals surface area contributed by atoms with Gasteiger partial charge in [0.15, 0.2) is 0 Å². The molecule has 3 rings (SSSR count). The maximum Gasteiger partial charge on any atom is 0.00138 e. The molecule has 1 nitrogen and oxygen atoms in total. The smallest absolute Gasteiger partial charge is 0.00138 e. The Morgan fingerprint density at radius 3 is 3.12 bits per heavy atom. The van der Waals surface area contributed by atoms with Crippen molar-refractivity contribution in [1.82, 2.24) is 5.32 Å². The maximum atomic E-state index is 3.40. The monoisotopic (exact) mass is 110 g/mol. The highest BCUT2D eigenvalue weighted by Gasteiger charge is 2.30. The van der Waals surface area contributed by atoms with Gasteiger partial charge in [0.05, 0.1) is 0 Å². The number of fused-ring (bicyclic) bond motifs is 3. The number of hydrogen-bond donors (Lipinski definition) is 1. The molecule has 2 heterocycles. The molecule has 1 saturated carbocycles. The fourth-order valence-electron chi connectivity index (χ4n) is 1.68. The van der Waals surface area contributed by atoms with E-state index in [0.717, 1.165) is 5.92 Å². The van der Waals surface area contributed by atoms with Crippen LogP contribution in [0.5, 0.6) is 0 Å². The number of rotatable bonds is 0. The van der Waals surface area contributed by atoms with E-state index in [1.165, 1.54) is 32.4 Å². The van der Waals surface area contributed by atoms with Gasteiger partial charge in [-0.25, -0.2) is 0 Å². The van der Waals surface area contributed by atoms with Crippen LogP contribution < -0.4 is 5.32 Å². The molecule has 3 aliphatic rings. The predicted molar refractivity (Wildman–Crippen MR) is 33.5 cm³/mol. The first-order valence-corrected chi connectivity index (χ1v) is 3.49. The van der Waals surface area contributed by atoms with Crippen molar-refractivity contribution in [3.63, 3.8) is 0 Å². The van der Waals surface area contributed by atoms with Gasteiger partial charge in [0.25, 0.3) is 0 Å². The number of hydrogen-bond acceptors (Lipinski definition) is 1. The van der Waals surface area contributed by atoms with Gasteiger partial charge >= 0.3 is 0 Å². The van der Waals surface area contributed by atoms with Crippen LogP contribution in [-0.2, 0) is 0 Å². The summed E-state index contributed by atoms with van der Waals surface area (Å²) in [7, 11) is 0. The van der Waals surface area contributed by atoms with Crippen LogP contribution in [0.25, 0.3) is 0 Å². The molecule has 0 atom stereocenters. The molecule has 3 fully saturated rings. The normalized spacial score (nSPS) is 31.5. The van der Waals surface area contributed by atoms with Crippen LogP contribution in [0.4, 0.5) is 0 Å². The van der Waals surface area contributed by atoms with Crippen molar-refractivity contribution in [2.75, 3.05) is 13.1 Å². The highest BCUT2D eigenvalue weighted by Crippen LogP contribution is 2.38. The lowest BCUT2D eigenvalue weighted by Crippen LogP contribution is -2.23. The molecule has 2 saturated heterocycles. The molecule has 0 amide bonds. The Morgan fingerprint density at radius 2 is 2.25 bits per heavy atom. The summed E-state index contributed by atoms with van der Waals surface area (Å²) >= 11 is 0. The van der Waals surface area contributed by atoms with Crippen LogP contribution in [0.3, 0.4) is 0 Å². The third-order valence-corrected chi connectivity index (χ3v) is 2.26. The molecule has 8 heavy (non-hydrogen) atoms. The van der Waals surface area contributed by atoms with E-state index in [4.69, 9.17) is 0 Å². The quantitative estimate of drug-likeness (QED) is 0.490. The Bertz CT molecular complexity index is 68.9. The summed E-state index contributed by atoms with van der Waals surface area (Å²) in [6, 6.07) is 0. The van der Waals surface area contributed by atoms with Gasteiger partial charge in [0.2, 0.25) is 0 Å². The third kappa shape index (κ3) is 0.655. The van der Waals surface area contributed by atoms with Gasteiger partial charge in [-0.3, -0.25) is 0 Å². The largest absolute Gasteiger partial charge is 0.316 e. The minimum atomic E-state index is 1.07. The lowest BCUT2D eigenvalue weighted by atomic mass is 9.75. The first-order chi connectivity index (χ1) is 3.95. The second kappa shape index (κ2) is 1.73. The first-order valence-electron chi connectivity index (χ1n) is 3.49. The van der Waals surface area contributed by atoms with Crippen molar-refractivity contribution < 1.29 is 0 Å². The minimum Gasteiger partial charge on any atom is -0.316 e. The summed E-state index contributed by atoms with van der Waals surface area (Å²) in [5, 5.41) is 3.40. The van der Waals surface area contributed by atoms with Crippen LogP contribution in [0, 0.1) is 11.8 Å². The Balaban J connectivity index is 1.95. The fourth-order valence-corrected chi connectivity index (χ4v) is 1.68. The van der Waals surface area contributed by atoms with E-state index in [-0.39, 0.29) is 0 Å². The Labute approximate surface area is 50.5 Å². The Morgan fingerprint density at radius 1 is 1.38 bits per heavy atom. The van der Waals surface area contributed by atoms with E-state index in [1.807, 2.05) is 0 Å². The molecule has 1 heteroatoms. The molecule has 2 bridgehead atoms. The lowest BCUT2D eigenvalue weighted by Gasteiger charge is -2.30. The van der Waals surface area contributed by atoms with E-state index in [0.29, 0.717) is 0 Å². The molecule has 0 aromatic heterocycles. The molecule has 0 aromatic carbocycles. The first kappa shape index (κ1) is 4.80. The zero-order chi connectivity index (χ0) is 5.40. The van der Waals surface area contributed by atoms with Gasteiger partial charge in [-0.2, -0.15) is 0 Å². The number of nitrogens with one attached hydrogen (secondary N) is 1. The molecule has 45 valence electrons. The molecule has 0 aromatic rings. The second-order valence-corrected chi connectivity index (χ2v) is 2.99. The zero-order valence-electron chi connectivity index (χ0n) is 5.11. The molecule has 1 N–H and O–H groups in total. The molecule has 0 spiro atoms. The van der Waals surface area contributed by atoms with E-state index < -0.39 is 0 Å². The molecule has 0 unspecified atom stereocenters. The van der Waals surface area contributed by atoms with Crippen LogP contribution in [0.1, 0.15) is 19.3 Å². The summed E-state index contributed by atoms with van der Waals surface area (Å²) in [6.07, 6.45) is 4.30. The summed E-state index contributed by atoms with van der Waals surface area (Å²) < 4.78 is 0. The van der Waals surface area contributed by atoms with Crippen LogP contribution in [-0.4, -0.2) is 13.1 Å². The van der Waals surface area contributed by atoms with E-state index in [1.54, 1.807) is 5.92 Å². The van der Waals surface area contributed by atoms with Crippen LogP contribution in [0.2, 0.25) is 0 Å². The van der Waals surface area contributed by atoms with E-state index in [9.17, 15) is 0 Å². The molecule has 1 radical (unpaired) electrons. The van der Waals surface area contributed by atoms with Gasteiger partial charge in [-0.15, -0.1) is 0 Å². The summed E-state index contributed by atoms with van der Waals surface area (Å²) in [5.41, 5.74) is 0. The van der Waals surface area contributed by atoms with Gasteiger partial charge in [-0.05, 0) is 37.6 Å². The average molecular weight is 110 g/mol. The van der Waals surface area contributed by atoms with Crippen molar-refractivity contribution in [2.45, 2.75) is 19.3 Å². The van der Waals surface area contributed by atoms with E-state index >= 15 is 0 Å². The molecular formula is C7H12N. The summed E-state index contributed by atoms with van der Waals surface area (Å²) in [4.78, 5) is 0. The summed E-state index contributed by atoms with van der Waals surface area (Å²) in [5.74, 6) is 2.83. The van der Waals surface area contributed by atoms with Gasteiger partial charge in [-0.1, -0.05) is 0 Å². The highest BCUT2D eigenvalue weighted by atomic mass is 14.9. The van der Waals surface area contributed by atoms with Crippen molar-refractivity contribution in [3.8, 4) is 0 Å². The predicted octanol–water partition coefficient (Wildman–Crippen LogP) is 0.964. The minimum absolute atomic E-state index is 1.07. The Hall–Kier alpha value is -0.0400. The van der Waals surface area contributed by atoms with Crippen molar-refractivity contribution >= 4 is 0 Å². The molecule has 1 aliphatic carbocycles. The average Bonchev–Trinajstić information content (AvgIpc) is 1.89. The third-order valence-electron chi connectivity index (χ3n) is 2.26. The van der Waals surface area contributed by atoms with Gasteiger partial charge < -0.3 is 5.32 Å².